The summed E-state index contributed by atoms with van der Waals surface area (Å²) in [6.45, 7) is 1.49. The van der Waals surface area contributed by atoms with Crippen LogP contribution in [0.1, 0.15) is 12.8 Å². The topological polar surface area (TPSA) is 64.8 Å². The Morgan fingerprint density at radius 3 is 2.76 bits per heavy atom. The molecule has 0 aromatic heterocycles. The van der Waals surface area contributed by atoms with Crippen LogP contribution in [-0.4, -0.2) is 49.9 Å². The standard InChI is InChI=1S/C15H22N2O3S/c1-19-13-4-3-12(9-14(13)20-2)21-8-6-15(18)17-7-5-11(16)10-17/h3-4,9,11H,5-8,10,16H2,1-2H3/t11-/m1/s1. The predicted molar refractivity (Wildman–Crippen MR) is 84.1 cm³/mol. The number of thioether (sulfide) groups is 1. The lowest BCUT2D eigenvalue weighted by atomic mass is 10.3. The van der Waals surface area contributed by atoms with Crippen LogP contribution in [0, 0.1) is 0 Å². The fraction of sp³-hybridized carbons (Fsp3) is 0.533. The molecule has 1 aromatic carbocycles. The molecule has 2 N–H and O–H groups in total. The lowest BCUT2D eigenvalue weighted by Gasteiger charge is -2.15. The van der Waals surface area contributed by atoms with Gasteiger partial charge in [-0.1, -0.05) is 0 Å². The highest BCUT2D eigenvalue weighted by Crippen LogP contribution is 2.32. The minimum absolute atomic E-state index is 0.146. The summed E-state index contributed by atoms with van der Waals surface area (Å²) in [5, 5.41) is 0. The number of nitrogens with zero attached hydrogens (tertiary/aromatic N) is 1. The quantitative estimate of drug-likeness (QED) is 0.811. The average molecular weight is 310 g/mol. The number of amides is 1. The van der Waals surface area contributed by atoms with Crippen molar-refractivity contribution in [2.24, 2.45) is 5.73 Å². The second-order valence-electron chi connectivity index (χ2n) is 5.00. The summed E-state index contributed by atoms with van der Waals surface area (Å²) in [4.78, 5) is 14.9. The lowest BCUT2D eigenvalue weighted by Crippen LogP contribution is -2.31. The molecule has 1 aliphatic heterocycles. The predicted octanol–water partition coefficient (Wildman–Crippen LogP) is 1.75. The zero-order chi connectivity index (χ0) is 15.2. The number of hydrogen-bond acceptors (Lipinski definition) is 5. The number of methoxy groups -OCH3 is 2. The first-order valence-electron chi connectivity index (χ1n) is 7.02. The highest BCUT2D eigenvalue weighted by Gasteiger charge is 2.22. The molecule has 0 unspecified atom stereocenters. The van der Waals surface area contributed by atoms with Gasteiger partial charge in [-0.2, -0.15) is 0 Å². The summed E-state index contributed by atoms with van der Waals surface area (Å²) in [7, 11) is 3.23. The van der Waals surface area contributed by atoms with Gasteiger partial charge < -0.3 is 20.1 Å². The Hall–Kier alpha value is -1.40. The van der Waals surface area contributed by atoms with E-state index in [1.165, 1.54) is 0 Å². The summed E-state index contributed by atoms with van der Waals surface area (Å²) >= 11 is 1.64. The molecule has 0 radical (unpaired) electrons. The molecule has 0 saturated carbocycles. The second kappa shape index (κ2) is 7.56. The van der Waals surface area contributed by atoms with Crippen molar-refractivity contribution in [3.8, 4) is 11.5 Å². The van der Waals surface area contributed by atoms with Crippen LogP contribution in [0.25, 0.3) is 0 Å². The molecular weight excluding hydrogens is 288 g/mol. The van der Waals surface area contributed by atoms with E-state index < -0.39 is 0 Å². The molecular formula is C15H22N2O3S. The van der Waals surface area contributed by atoms with Crippen LogP contribution >= 0.6 is 11.8 Å². The molecule has 116 valence electrons. The van der Waals surface area contributed by atoms with Crippen LogP contribution in [0.2, 0.25) is 0 Å². The Balaban J connectivity index is 1.82. The number of nitrogens with two attached hydrogens (primary N) is 1. The van der Waals surface area contributed by atoms with Crippen molar-refractivity contribution in [2.75, 3.05) is 33.1 Å². The molecule has 1 heterocycles. The van der Waals surface area contributed by atoms with Crippen LogP contribution in [0.15, 0.2) is 23.1 Å². The average Bonchev–Trinajstić information content (AvgIpc) is 2.93. The summed E-state index contributed by atoms with van der Waals surface area (Å²) in [6.07, 6.45) is 1.44. The number of rotatable bonds is 6. The molecule has 6 heteroatoms. The summed E-state index contributed by atoms with van der Waals surface area (Å²) in [5.41, 5.74) is 5.82. The van der Waals surface area contributed by atoms with Crippen LogP contribution in [-0.2, 0) is 4.79 Å². The summed E-state index contributed by atoms with van der Waals surface area (Å²) in [5.74, 6) is 2.36. The highest BCUT2D eigenvalue weighted by molar-refractivity contribution is 7.99. The largest absolute Gasteiger partial charge is 0.493 e. The van der Waals surface area contributed by atoms with Crippen molar-refractivity contribution in [3.63, 3.8) is 0 Å². The first-order valence-corrected chi connectivity index (χ1v) is 8.00. The van der Waals surface area contributed by atoms with E-state index in [-0.39, 0.29) is 11.9 Å². The summed E-state index contributed by atoms with van der Waals surface area (Å²) < 4.78 is 10.5. The first kappa shape index (κ1) is 16.0. The minimum Gasteiger partial charge on any atom is -0.493 e. The number of ether oxygens (including phenoxy) is 2. The maximum atomic E-state index is 12.0. The molecule has 1 aliphatic rings. The second-order valence-corrected chi connectivity index (χ2v) is 6.17. The molecule has 1 aromatic rings. The van der Waals surface area contributed by atoms with Crippen molar-refractivity contribution in [1.82, 2.24) is 4.90 Å². The van der Waals surface area contributed by atoms with Crippen molar-refractivity contribution < 1.29 is 14.3 Å². The van der Waals surface area contributed by atoms with Crippen LogP contribution < -0.4 is 15.2 Å². The number of hydrogen-bond donors (Lipinski definition) is 1. The zero-order valence-corrected chi connectivity index (χ0v) is 13.3. The maximum absolute atomic E-state index is 12.0. The molecule has 0 aliphatic carbocycles. The number of carbonyl (C=O) groups is 1. The summed E-state index contributed by atoms with van der Waals surface area (Å²) in [6, 6.07) is 5.93. The molecule has 1 amide bonds. The van der Waals surface area contributed by atoms with E-state index in [2.05, 4.69) is 0 Å². The van der Waals surface area contributed by atoms with Crippen LogP contribution in [0.4, 0.5) is 0 Å². The van der Waals surface area contributed by atoms with E-state index in [0.717, 1.165) is 23.6 Å². The number of carbonyl (C=O) groups excluding carboxylic acids is 1. The smallest absolute Gasteiger partial charge is 0.223 e. The normalized spacial score (nSPS) is 17.9. The lowest BCUT2D eigenvalue weighted by molar-refractivity contribution is -0.129. The van der Waals surface area contributed by atoms with Gasteiger partial charge in [0, 0.05) is 36.2 Å². The molecule has 1 fully saturated rings. The Kier molecular flexibility index (Phi) is 5.76. The van der Waals surface area contributed by atoms with E-state index in [4.69, 9.17) is 15.2 Å². The van der Waals surface area contributed by atoms with Gasteiger partial charge in [0.25, 0.3) is 0 Å². The van der Waals surface area contributed by atoms with Crippen molar-refractivity contribution >= 4 is 17.7 Å². The van der Waals surface area contributed by atoms with Gasteiger partial charge in [0.1, 0.15) is 0 Å². The molecule has 1 atom stereocenters. The molecule has 1 saturated heterocycles. The van der Waals surface area contributed by atoms with E-state index in [0.29, 0.717) is 24.5 Å². The van der Waals surface area contributed by atoms with Crippen molar-refractivity contribution in [1.29, 1.82) is 0 Å². The first-order chi connectivity index (χ1) is 10.1. The Labute approximate surface area is 129 Å². The van der Waals surface area contributed by atoms with Crippen LogP contribution in [0.3, 0.4) is 0 Å². The van der Waals surface area contributed by atoms with Crippen LogP contribution in [0.5, 0.6) is 11.5 Å². The van der Waals surface area contributed by atoms with Gasteiger partial charge in [-0.15, -0.1) is 11.8 Å². The number of likely N-dealkylation sites (tertiary alicyclic amines) is 1. The van der Waals surface area contributed by atoms with Gasteiger partial charge in [-0.05, 0) is 24.6 Å². The van der Waals surface area contributed by atoms with E-state index in [9.17, 15) is 4.79 Å². The molecule has 0 bridgehead atoms. The Morgan fingerprint density at radius 2 is 2.14 bits per heavy atom. The Morgan fingerprint density at radius 1 is 1.38 bits per heavy atom. The SMILES string of the molecule is COc1ccc(SCCC(=O)N2CC[C@@H](N)C2)cc1OC. The maximum Gasteiger partial charge on any atom is 0.223 e. The van der Waals surface area contributed by atoms with E-state index >= 15 is 0 Å². The van der Waals surface area contributed by atoms with E-state index in [1.54, 1.807) is 26.0 Å². The Bertz CT molecular complexity index is 496. The minimum atomic E-state index is 0.146. The van der Waals surface area contributed by atoms with Gasteiger partial charge in [-0.25, -0.2) is 0 Å². The fourth-order valence-electron chi connectivity index (χ4n) is 2.33. The number of benzene rings is 1. The molecule has 21 heavy (non-hydrogen) atoms. The van der Waals surface area contributed by atoms with Gasteiger partial charge in [0.15, 0.2) is 11.5 Å². The van der Waals surface area contributed by atoms with E-state index in [1.807, 2.05) is 23.1 Å². The van der Waals surface area contributed by atoms with Gasteiger partial charge in [0.2, 0.25) is 5.91 Å². The zero-order valence-electron chi connectivity index (χ0n) is 12.5. The monoisotopic (exact) mass is 310 g/mol. The van der Waals surface area contributed by atoms with Crippen molar-refractivity contribution in [2.45, 2.75) is 23.8 Å². The molecule has 5 nitrogen and oxygen atoms in total. The third-order valence-corrected chi connectivity index (χ3v) is 4.51. The fourth-order valence-corrected chi connectivity index (χ4v) is 3.20. The highest BCUT2D eigenvalue weighted by atomic mass is 32.2. The third kappa shape index (κ3) is 4.28. The third-order valence-electron chi connectivity index (χ3n) is 3.52. The van der Waals surface area contributed by atoms with Gasteiger partial charge >= 0.3 is 0 Å². The van der Waals surface area contributed by atoms with Gasteiger partial charge in [0.05, 0.1) is 14.2 Å². The molecule has 2 rings (SSSR count). The van der Waals surface area contributed by atoms with Crippen molar-refractivity contribution in [3.05, 3.63) is 18.2 Å². The van der Waals surface area contributed by atoms with Gasteiger partial charge in [-0.3, -0.25) is 4.79 Å². The molecule has 0 spiro atoms.